The van der Waals surface area contributed by atoms with Crippen LogP contribution in [0.1, 0.15) is 41.8 Å². The van der Waals surface area contributed by atoms with E-state index in [4.69, 9.17) is 0 Å². The molecular weight excluding hydrogens is 328 g/mol. The minimum Gasteiger partial charge on any atom is -0.349 e. The van der Waals surface area contributed by atoms with E-state index in [9.17, 15) is 9.59 Å². The van der Waals surface area contributed by atoms with Crippen molar-refractivity contribution in [2.75, 3.05) is 0 Å². The Morgan fingerprint density at radius 3 is 2.77 bits per heavy atom. The van der Waals surface area contributed by atoms with Crippen LogP contribution < -0.4 is 10.9 Å². The lowest BCUT2D eigenvalue weighted by Crippen LogP contribution is -2.27. The number of aromatic amines is 1. The molecule has 0 spiro atoms. The second kappa shape index (κ2) is 7.15. The van der Waals surface area contributed by atoms with Crippen molar-refractivity contribution in [3.8, 4) is 0 Å². The summed E-state index contributed by atoms with van der Waals surface area (Å²) in [6, 6.07) is 7.70. The first-order chi connectivity index (χ1) is 12.3. The van der Waals surface area contributed by atoms with E-state index in [1.165, 1.54) is 0 Å². The lowest BCUT2D eigenvalue weighted by molar-refractivity contribution is -0.121. The number of nitrogens with zero attached hydrogens (tertiary/aromatic N) is 2. The minimum atomic E-state index is -0.132. The van der Waals surface area contributed by atoms with E-state index < -0.39 is 0 Å². The largest absolute Gasteiger partial charge is 0.349 e. The summed E-state index contributed by atoms with van der Waals surface area (Å²) in [5.41, 5.74) is 4.32. The zero-order valence-electron chi connectivity index (χ0n) is 15.6. The highest BCUT2D eigenvalue weighted by Gasteiger charge is 2.15. The van der Waals surface area contributed by atoms with Crippen molar-refractivity contribution in [2.24, 2.45) is 7.05 Å². The lowest BCUT2D eigenvalue weighted by Gasteiger charge is -2.13. The highest BCUT2D eigenvalue weighted by Crippen LogP contribution is 2.16. The van der Waals surface area contributed by atoms with Gasteiger partial charge in [0.25, 0.3) is 5.56 Å². The average Bonchev–Trinajstić information content (AvgIpc) is 2.91. The summed E-state index contributed by atoms with van der Waals surface area (Å²) < 4.78 is 1.74. The van der Waals surface area contributed by atoms with Crippen LogP contribution in [0.2, 0.25) is 0 Å². The molecule has 136 valence electrons. The van der Waals surface area contributed by atoms with E-state index in [0.29, 0.717) is 12.0 Å². The molecule has 0 radical (unpaired) electrons. The monoisotopic (exact) mass is 352 g/mol. The van der Waals surface area contributed by atoms with E-state index in [1.807, 2.05) is 58.3 Å². The standard InChI is InChI=1S/C20H24N4O2/c1-12-5-6-15-10-16(20(26)22-18(15)9-12)7-8-19(25)21-13(2)17-11-24(4)23-14(17)3/h5-6,9-11,13H,7-8H2,1-4H3,(H,21,25)(H,22,26). The summed E-state index contributed by atoms with van der Waals surface area (Å²) in [7, 11) is 1.86. The molecule has 0 aliphatic heterocycles. The zero-order chi connectivity index (χ0) is 18.8. The van der Waals surface area contributed by atoms with Gasteiger partial charge in [-0.25, -0.2) is 0 Å². The van der Waals surface area contributed by atoms with Crippen LogP contribution in [-0.2, 0) is 18.3 Å². The first-order valence-electron chi connectivity index (χ1n) is 8.75. The number of H-pyrrole nitrogens is 1. The number of pyridine rings is 1. The Labute approximate surface area is 152 Å². The van der Waals surface area contributed by atoms with Crippen molar-refractivity contribution in [3.63, 3.8) is 0 Å². The SMILES string of the molecule is Cc1ccc2cc(CCC(=O)NC(C)c3cn(C)nc3C)c(=O)[nH]c2c1. The van der Waals surface area contributed by atoms with Gasteiger partial charge in [0, 0.05) is 36.3 Å². The molecular formula is C20H24N4O2. The summed E-state index contributed by atoms with van der Waals surface area (Å²) >= 11 is 0. The Kier molecular flexibility index (Phi) is 4.93. The molecule has 1 atom stereocenters. The number of amides is 1. The third-order valence-corrected chi connectivity index (χ3v) is 4.60. The van der Waals surface area contributed by atoms with Gasteiger partial charge in [0.2, 0.25) is 5.91 Å². The van der Waals surface area contributed by atoms with Gasteiger partial charge in [-0.1, -0.05) is 12.1 Å². The number of fused-ring (bicyclic) bond motifs is 1. The van der Waals surface area contributed by atoms with Gasteiger partial charge >= 0.3 is 0 Å². The summed E-state index contributed by atoms with van der Waals surface area (Å²) in [5.74, 6) is -0.0795. The average molecular weight is 352 g/mol. The summed E-state index contributed by atoms with van der Waals surface area (Å²) in [6.45, 7) is 5.85. The van der Waals surface area contributed by atoms with Gasteiger partial charge in [-0.15, -0.1) is 0 Å². The van der Waals surface area contributed by atoms with E-state index in [2.05, 4.69) is 15.4 Å². The third-order valence-electron chi connectivity index (χ3n) is 4.60. The molecule has 1 unspecified atom stereocenters. The summed E-state index contributed by atoms with van der Waals surface area (Å²) in [4.78, 5) is 27.4. The maximum absolute atomic E-state index is 12.3. The van der Waals surface area contributed by atoms with Crippen molar-refractivity contribution in [3.05, 3.63) is 63.2 Å². The third kappa shape index (κ3) is 3.85. The van der Waals surface area contributed by atoms with Crippen molar-refractivity contribution < 1.29 is 4.79 Å². The Morgan fingerprint density at radius 2 is 2.08 bits per heavy atom. The van der Waals surface area contributed by atoms with Crippen LogP contribution in [0, 0.1) is 13.8 Å². The van der Waals surface area contributed by atoms with Crippen molar-refractivity contribution in [1.29, 1.82) is 0 Å². The van der Waals surface area contributed by atoms with E-state index in [0.717, 1.165) is 27.7 Å². The summed E-state index contributed by atoms with van der Waals surface area (Å²) in [6.07, 6.45) is 2.59. The van der Waals surface area contributed by atoms with Gasteiger partial charge < -0.3 is 10.3 Å². The Bertz CT molecular complexity index is 1020. The lowest BCUT2D eigenvalue weighted by atomic mass is 10.1. The minimum absolute atomic E-state index is 0.0795. The number of carbonyl (C=O) groups excluding carboxylic acids is 1. The Balaban J connectivity index is 1.67. The molecule has 0 fully saturated rings. The van der Waals surface area contributed by atoms with E-state index >= 15 is 0 Å². The number of nitrogens with one attached hydrogen (secondary N) is 2. The molecule has 3 aromatic rings. The van der Waals surface area contributed by atoms with Gasteiger partial charge in [0.15, 0.2) is 0 Å². The molecule has 1 aromatic carbocycles. The predicted molar refractivity (Wildman–Crippen MR) is 102 cm³/mol. The molecule has 2 heterocycles. The van der Waals surface area contributed by atoms with Crippen LogP contribution in [0.25, 0.3) is 10.9 Å². The van der Waals surface area contributed by atoms with Crippen LogP contribution in [0.5, 0.6) is 0 Å². The molecule has 0 bridgehead atoms. The Hall–Kier alpha value is -2.89. The molecule has 0 saturated heterocycles. The van der Waals surface area contributed by atoms with Gasteiger partial charge in [-0.3, -0.25) is 14.3 Å². The second-order valence-electron chi connectivity index (χ2n) is 6.85. The maximum atomic E-state index is 12.3. The van der Waals surface area contributed by atoms with Crippen LogP contribution in [-0.4, -0.2) is 20.7 Å². The smallest absolute Gasteiger partial charge is 0.251 e. The predicted octanol–water partition coefficient (Wildman–Crippen LogP) is 2.69. The molecule has 6 heteroatoms. The first-order valence-corrected chi connectivity index (χ1v) is 8.75. The zero-order valence-corrected chi connectivity index (χ0v) is 15.6. The first kappa shape index (κ1) is 17.9. The van der Waals surface area contributed by atoms with E-state index in [1.54, 1.807) is 4.68 Å². The van der Waals surface area contributed by atoms with Crippen molar-refractivity contribution in [1.82, 2.24) is 20.1 Å². The summed E-state index contributed by atoms with van der Waals surface area (Å²) in [5, 5.41) is 8.26. The highest BCUT2D eigenvalue weighted by molar-refractivity contribution is 5.80. The fraction of sp³-hybridized carbons (Fsp3) is 0.350. The van der Waals surface area contributed by atoms with Gasteiger partial charge in [-0.2, -0.15) is 5.10 Å². The number of carbonyl (C=O) groups is 1. The Morgan fingerprint density at radius 1 is 1.31 bits per heavy atom. The fourth-order valence-electron chi connectivity index (χ4n) is 3.23. The molecule has 2 aromatic heterocycles. The number of aryl methyl sites for hydroxylation is 4. The second-order valence-corrected chi connectivity index (χ2v) is 6.85. The molecule has 0 saturated carbocycles. The van der Waals surface area contributed by atoms with Crippen LogP contribution in [0.3, 0.4) is 0 Å². The van der Waals surface area contributed by atoms with Crippen LogP contribution in [0.4, 0.5) is 0 Å². The van der Waals surface area contributed by atoms with Crippen molar-refractivity contribution >= 4 is 16.8 Å². The molecule has 6 nitrogen and oxygen atoms in total. The molecule has 1 amide bonds. The molecule has 26 heavy (non-hydrogen) atoms. The normalized spacial score (nSPS) is 12.3. The quantitative estimate of drug-likeness (QED) is 0.741. The van der Waals surface area contributed by atoms with Crippen molar-refractivity contribution in [2.45, 2.75) is 39.7 Å². The van der Waals surface area contributed by atoms with Gasteiger partial charge in [-0.05, 0) is 50.3 Å². The van der Waals surface area contributed by atoms with Crippen LogP contribution in [0.15, 0.2) is 35.3 Å². The van der Waals surface area contributed by atoms with Gasteiger partial charge in [0.05, 0.1) is 11.7 Å². The molecule has 3 rings (SSSR count). The number of rotatable bonds is 5. The topological polar surface area (TPSA) is 79.8 Å². The maximum Gasteiger partial charge on any atom is 0.251 e. The highest BCUT2D eigenvalue weighted by atomic mass is 16.1. The molecule has 0 aliphatic rings. The van der Waals surface area contributed by atoms with Crippen LogP contribution >= 0.6 is 0 Å². The van der Waals surface area contributed by atoms with E-state index in [-0.39, 0.29) is 23.9 Å². The number of hydrogen-bond donors (Lipinski definition) is 2. The molecule has 0 aliphatic carbocycles. The number of benzene rings is 1. The number of aromatic nitrogens is 3. The van der Waals surface area contributed by atoms with Gasteiger partial charge in [0.1, 0.15) is 0 Å². The molecule has 2 N–H and O–H groups in total. The fourth-order valence-corrected chi connectivity index (χ4v) is 3.23. The number of hydrogen-bond acceptors (Lipinski definition) is 3.